The molecule has 2 N–H and O–H groups in total. The van der Waals surface area contributed by atoms with Crippen LogP contribution in [0.1, 0.15) is 0 Å². The molecule has 2 heteroatoms. The van der Waals surface area contributed by atoms with Crippen LogP contribution in [0.15, 0.2) is 23.9 Å². The topological polar surface area (TPSA) is 32.3 Å². The molecule has 0 radical (unpaired) electrons. The molecule has 0 aromatic carbocycles. The van der Waals surface area contributed by atoms with Gasteiger partial charge in [-0.15, -0.1) is 0 Å². The van der Waals surface area contributed by atoms with Crippen molar-refractivity contribution < 1.29 is 5.11 Å². The van der Waals surface area contributed by atoms with E-state index in [0.717, 1.165) is 12.1 Å². The maximum atomic E-state index is 8.53. The highest BCUT2D eigenvalue weighted by molar-refractivity contribution is 5.21. The molecule has 0 amide bonds. The van der Waals surface area contributed by atoms with Crippen LogP contribution in [0.4, 0.5) is 0 Å². The Labute approximate surface area is 48.5 Å². The number of hydrogen-bond donors (Lipinski definition) is 2. The van der Waals surface area contributed by atoms with Crippen LogP contribution >= 0.6 is 0 Å². The van der Waals surface area contributed by atoms with E-state index in [1.807, 2.05) is 18.4 Å². The minimum Gasteiger partial charge on any atom is -0.392 e. The molecule has 0 spiro atoms. The SMILES string of the molecule is OCC1=CNCC=C1. The summed E-state index contributed by atoms with van der Waals surface area (Å²) in [5.41, 5.74) is 0.941. The van der Waals surface area contributed by atoms with E-state index >= 15 is 0 Å². The molecule has 0 saturated heterocycles. The zero-order valence-electron chi connectivity index (χ0n) is 4.59. The third-order valence-corrected chi connectivity index (χ3v) is 1.04. The van der Waals surface area contributed by atoms with E-state index in [4.69, 9.17) is 5.11 Å². The minimum absolute atomic E-state index is 0.128. The van der Waals surface area contributed by atoms with Crippen LogP contribution < -0.4 is 5.32 Å². The molecule has 8 heavy (non-hydrogen) atoms. The Hall–Kier alpha value is -0.760. The van der Waals surface area contributed by atoms with Crippen molar-refractivity contribution in [1.29, 1.82) is 0 Å². The summed E-state index contributed by atoms with van der Waals surface area (Å²) in [6, 6.07) is 0. The Balaban J connectivity index is 2.51. The van der Waals surface area contributed by atoms with Gasteiger partial charge in [-0.25, -0.2) is 0 Å². The Kier molecular flexibility index (Phi) is 1.70. The summed E-state index contributed by atoms with van der Waals surface area (Å²) in [5, 5.41) is 11.5. The number of nitrogens with one attached hydrogen (secondary N) is 1. The second-order valence-electron chi connectivity index (χ2n) is 1.69. The summed E-state index contributed by atoms with van der Waals surface area (Å²) >= 11 is 0. The molecule has 0 aromatic heterocycles. The minimum atomic E-state index is 0.128. The molecule has 0 aromatic rings. The van der Waals surface area contributed by atoms with Crippen molar-refractivity contribution in [2.24, 2.45) is 0 Å². The molecule has 0 unspecified atom stereocenters. The monoisotopic (exact) mass is 111 g/mol. The fourth-order valence-corrected chi connectivity index (χ4v) is 0.615. The molecule has 0 bridgehead atoms. The maximum Gasteiger partial charge on any atom is 0.0695 e. The highest BCUT2D eigenvalue weighted by atomic mass is 16.3. The third-order valence-electron chi connectivity index (χ3n) is 1.04. The lowest BCUT2D eigenvalue weighted by molar-refractivity contribution is 0.334. The van der Waals surface area contributed by atoms with Gasteiger partial charge in [0.1, 0.15) is 0 Å². The van der Waals surface area contributed by atoms with Crippen molar-refractivity contribution in [3.63, 3.8) is 0 Å². The average Bonchev–Trinajstić information content (AvgIpc) is 1.90. The van der Waals surface area contributed by atoms with Gasteiger partial charge in [-0.05, 0) is 5.57 Å². The standard InChI is InChI=1S/C6H9NO/c8-5-6-2-1-3-7-4-6/h1-2,4,7-8H,3,5H2. The van der Waals surface area contributed by atoms with E-state index in [9.17, 15) is 0 Å². The summed E-state index contributed by atoms with van der Waals surface area (Å²) in [4.78, 5) is 0. The van der Waals surface area contributed by atoms with Crippen LogP contribution in [0.2, 0.25) is 0 Å². The molecule has 44 valence electrons. The Morgan fingerprint density at radius 2 is 2.62 bits per heavy atom. The highest BCUT2D eigenvalue weighted by Crippen LogP contribution is 1.95. The summed E-state index contributed by atoms with van der Waals surface area (Å²) in [6.07, 6.45) is 5.71. The molecule has 2 nitrogen and oxygen atoms in total. The zero-order chi connectivity index (χ0) is 5.82. The van der Waals surface area contributed by atoms with E-state index < -0.39 is 0 Å². The van der Waals surface area contributed by atoms with E-state index in [0.29, 0.717) is 0 Å². The van der Waals surface area contributed by atoms with Crippen LogP contribution in [0.5, 0.6) is 0 Å². The number of hydrogen-bond acceptors (Lipinski definition) is 2. The van der Waals surface area contributed by atoms with Gasteiger partial charge in [-0.1, -0.05) is 12.2 Å². The van der Waals surface area contributed by atoms with E-state index in [1.54, 1.807) is 0 Å². The molecule has 1 aliphatic heterocycles. The Bertz CT molecular complexity index is 126. The second-order valence-corrected chi connectivity index (χ2v) is 1.69. The van der Waals surface area contributed by atoms with Crippen molar-refractivity contribution in [3.8, 4) is 0 Å². The van der Waals surface area contributed by atoms with Crippen molar-refractivity contribution in [3.05, 3.63) is 23.9 Å². The lowest BCUT2D eigenvalue weighted by Gasteiger charge is -2.03. The molecule has 0 atom stereocenters. The third kappa shape index (κ3) is 1.10. The van der Waals surface area contributed by atoms with Gasteiger partial charge in [0.25, 0.3) is 0 Å². The largest absolute Gasteiger partial charge is 0.392 e. The lowest BCUT2D eigenvalue weighted by Crippen LogP contribution is -2.10. The first kappa shape index (κ1) is 5.38. The first-order valence-electron chi connectivity index (χ1n) is 2.63. The lowest BCUT2D eigenvalue weighted by atomic mass is 10.2. The van der Waals surface area contributed by atoms with Crippen molar-refractivity contribution >= 4 is 0 Å². The van der Waals surface area contributed by atoms with Crippen LogP contribution in [0.25, 0.3) is 0 Å². The molecular formula is C6H9NO. The van der Waals surface area contributed by atoms with Crippen LogP contribution in [-0.2, 0) is 0 Å². The number of dihydropyridines is 1. The van der Waals surface area contributed by atoms with Gasteiger partial charge in [0.2, 0.25) is 0 Å². The van der Waals surface area contributed by atoms with Gasteiger partial charge >= 0.3 is 0 Å². The van der Waals surface area contributed by atoms with Crippen molar-refractivity contribution in [1.82, 2.24) is 5.32 Å². The zero-order valence-corrected chi connectivity index (χ0v) is 4.59. The Morgan fingerprint density at radius 3 is 3.00 bits per heavy atom. The Morgan fingerprint density at radius 1 is 1.75 bits per heavy atom. The second kappa shape index (κ2) is 2.52. The predicted octanol–water partition coefficient (Wildman–Crippen LogP) is 0.0220. The average molecular weight is 111 g/mol. The fraction of sp³-hybridized carbons (Fsp3) is 0.333. The smallest absolute Gasteiger partial charge is 0.0695 e. The molecule has 1 heterocycles. The van der Waals surface area contributed by atoms with Gasteiger partial charge < -0.3 is 10.4 Å². The molecule has 1 aliphatic rings. The van der Waals surface area contributed by atoms with Gasteiger partial charge in [0.15, 0.2) is 0 Å². The first-order valence-corrected chi connectivity index (χ1v) is 2.63. The summed E-state index contributed by atoms with van der Waals surface area (Å²) in [6.45, 7) is 1.01. The normalized spacial score (nSPS) is 17.4. The van der Waals surface area contributed by atoms with Gasteiger partial charge in [0, 0.05) is 12.7 Å². The van der Waals surface area contributed by atoms with Gasteiger partial charge in [0.05, 0.1) is 6.61 Å². The van der Waals surface area contributed by atoms with E-state index in [1.165, 1.54) is 0 Å². The summed E-state index contributed by atoms with van der Waals surface area (Å²) in [5.74, 6) is 0. The molecule has 0 aliphatic carbocycles. The van der Waals surface area contributed by atoms with Crippen molar-refractivity contribution in [2.75, 3.05) is 13.2 Å². The predicted molar refractivity (Wildman–Crippen MR) is 32.3 cm³/mol. The summed E-state index contributed by atoms with van der Waals surface area (Å²) < 4.78 is 0. The maximum absolute atomic E-state index is 8.53. The van der Waals surface area contributed by atoms with E-state index in [-0.39, 0.29) is 6.61 Å². The number of rotatable bonds is 1. The highest BCUT2D eigenvalue weighted by Gasteiger charge is 1.90. The molecular weight excluding hydrogens is 102 g/mol. The molecule has 1 rings (SSSR count). The van der Waals surface area contributed by atoms with Crippen LogP contribution in [0, 0.1) is 0 Å². The van der Waals surface area contributed by atoms with Crippen LogP contribution in [-0.4, -0.2) is 18.3 Å². The van der Waals surface area contributed by atoms with E-state index in [2.05, 4.69) is 5.32 Å². The van der Waals surface area contributed by atoms with Crippen LogP contribution in [0.3, 0.4) is 0 Å². The quantitative estimate of drug-likeness (QED) is 0.500. The van der Waals surface area contributed by atoms with Crippen molar-refractivity contribution in [2.45, 2.75) is 0 Å². The first-order chi connectivity index (χ1) is 3.93. The fourth-order valence-electron chi connectivity index (χ4n) is 0.615. The molecule has 0 saturated carbocycles. The summed E-state index contributed by atoms with van der Waals surface area (Å²) in [7, 11) is 0. The number of aliphatic hydroxyl groups excluding tert-OH is 1. The number of aliphatic hydroxyl groups is 1. The van der Waals surface area contributed by atoms with Gasteiger partial charge in [-0.2, -0.15) is 0 Å². The van der Waals surface area contributed by atoms with Gasteiger partial charge in [-0.3, -0.25) is 0 Å². The molecule has 0 fully saturated rings.